The molecule has 0 radical (unpaired) electrons. The molecule has 0 bridgehead atoms. The van der Waals surface area contributed by atoms with Gasteiger partial charge < -0.3 is 15.4 Å². The van der Waals surface area contributed by atoms with Crippen LogP contribution in [-0.4, -0.2) is 25.5 Å². The first-order chi connectivity index (χ1) is 11.8. The molecule has 0 spiro atoms. The number of hydrogen-bond acceptors (Lipinski definition) is 3. The second-order valence-electron chi connectivity index (χ2n) is 6.79. The van der Waals surface area contributed by atoms with Crippen LogP contribution in [0.15, 0.2) is 48.5 Å². The maximum Gasteiger partial charge on any atom is 0.251 e. The fraction of sp³-hybridized carbons (Fsp3) is 0.300. The van der Waals surface area contributed by atoms with Crippen molar-refractivity contribution in [2.45, 2.75) is 26.2 Å². The number of methoxy groups -OCH3 is 1. The molecule has 132 valence electrons. The van der Waals surface area contributed by atoms with Gasteiger partial charge in [0, 0.05) is 11.3 Å². The number of carbonyl (C=O) groups excluding carboxylic acids is 2. The topological polar surface area (TPSA) is 67.4 Å². The van der Waals surface area contributed by atoms with Gasteiger partial charge >= 0.3 is 0 Å². The lowest BCUT2D eigenvalue weighted by Gasteiger charge is -2.19. The van der Waals surface area contributed by atoms with E-state index in [9.17, 15) is 9.59 Å². The molecular formula is C20H24N2O3. The van der Waals surface area contributed by atoms with Crippen molar-refractivity contribution in [3.05, 3.63) is 59.7 Å². The van der Waals surface area contributed by atoms with Gasteiger partial charge in [0.15, 0.2) is 0 Å². The fourth-order valence-electron chi connectivity index (χ4n) is 2.26. The van der Waals surface area contributed by atoms with Gasteiger partial charge in [-0.15, -0.1) is 0 Å². The highest BCUT2D eigenvalue weighted by Gasteiger charge is 2.14. The maximum absolute atomic E-state index is 12.1. The van der Waals surface area contributed by atoms with Gasteiger partial charge in [-0.2, -0.15) is 0 Å². The normalized spacial score (nSPS) is 10.9. The Balaban J connectivity index is 1.87. The zero-order valence-electron chi connectivity index (χ0n) is 15.1. The van der Waals surface area contributed by atoms with Crippen LogP contribution in [0, 0.1) is 0 Å². The Morgan fingerprint density at radius 3 is 2.08 bits per heavy atom. The molecule has 0 saturated carbocycles. The van der Waals surface area contributed by atoms with Crippen LogP contribution in [0.2, 0.25) is 0 Å². The first-order valence-corrected chi connectivity index (χ1v) is 8.12. The van der Waals surface area contributed by atoms with Crippen LogP contribution in [-0.2, 0) is 10.2 Å². The zero-order valence-corrected chi connectivity index (χ0v) is 15.1. The highest BCUT2D eigenvalue weighted by atomic mass is 16.5. The molecule has 0 aliphatic carbocycles. The summed E-state index contributed by atoms with van der Waals surface area (Å²) >= 11 is 0. The molecule has 0 saturated heterocycles. The van der Waals surface area contributed by atoms with Crippen molar-refractivity contribution >= 4 is 17.5 Å². The molecule has 0 fully saturated rings. The Morgan fingerprint density at radius 1 is 0.960 bits per heavy atom. The van der Waals surface area contributed by atoms with E-state index in [0.717, 1.165) is 5.56 Å². The summed E-state index contributed by atoms with van der Waals surface area (Å²) in [6.45, 7) is 6.26. The molecule has 0 unspecified atom stereocenters. The first-order valence-electron chi connectivity index (χ1n) is 8.12. The first kappa shape index (κ1) is 18.5. The number of ether oxygens (including phenoxy) is 1. The number of nitrogens with one attached hydrogen (secondary N) is 2. The lowest BCUT2D eigenvalue weighted by molar-refractivity contribution is -0.115. The molecule has 0 aliphatic rings. The summed E-state index contributed by atoms with van der Waals surface area (Å²) in [5.41, 5.74) is 2.37. The molecule has 0 aromatic heterocycles. The van der Waals surface area contributed by atoms with Crippen LogP contribution in [0.3, 0.4) is 0 Å². The van der Waals surface area contributed by atoms with E-state index in [0.29, 0.717) is 17.0 Å². The largest absolute Gasteiger partial charge is 0.497 e. The van der Waals surface area contributed by atoms with Gasteiger partial charge in [0.2, 0.25) is 5.91 Å². The average molecular weight is 340 g/mol. The standard InChI is InChI=1S/C20H24N2O3/c1-20(2,3)15-7-5-14(6-8-15)19(24)21-13-18(23)22-16-9-11-17(25-4)12-10-16/h5-12H,13H2,1-4H3,(H,21,24)(H,22,23). The molecule has 0 atom stereocenters. The van der Waals surface area contributed by atoms with Crippen molar-refractivity contribution in [1.29, 1.82) is 0 Å². The maximum atomic E-state index is 12.1. The van der Waals surface area contributed by atoms with E-state index in [1.54, 1.807) is 43.5 Å². The second kappa shape index (κ2) is 7.83. The van der Waals surface area contributed by atoms with Crippen molar-refractivity contribution in [2.24, 2.45) is 0 Å². The van der Waals surface area contributed by atoms with Crippen LogP contribution in [0.25, 0.3) is 0 Å². The highest BCUT2D eigenvalue weighted by Crippen LogP contribution is 2.22. The van der Waals surface area contributed by atoms with Gasteiger partial charge in [-0.25, -0.2) is 0 Å². The molecule has 2 aromatic rings. The van der Waals surface area contributed by atoms with Crippen molar-refractivity contribution in [1.82, 2.24) is 5.32 Å². The van der Waals surface area contributed by atoms with Crippen LogP contribution >= 0.6 is 0 Å². The Labute approximate surface area is 148 Å². The predicted molar refractivity (Wildman–Crippen MR) is 99.1 cm³/mol. The van der Waals surface area contributed by atoms with Crippen molar-refractivity contribution < 1.29 is 14.3 Å². The second-order valence-corrected chi connectivity index (χ2v) is 6.79. The van der Waals surface area contributed by atoms with Gasteiger partial charge in [0.25, 0.3) is 5.91 Å². The summed E-state index contributed by atoms with van der Waals surface area (Å²) in [6, 6.07) is 14.4. The summed E-state index contributed by atoms with van der Waals surface area (Å²) in [6.07, 6.45) is 0. The SMILES string of the molecule is COc1ccc(NC(=O)CNC(=O)c2ccc(C(C)(C)C)cc2)cc1. The molecule has 2 rings (SSSR count). The van der Waals surface area contributed by atoms with Crippen LogP contribution in [0.1, 0.15) is 36.7 Å². The lowest BCUT2D eigenvalue weighted by atomic mass is 9.87. The van der Waals surface area contributed by atoms with E-state index in [-0.39, 0.29) is 23.8 Å². The molecule has 2 N–H and O–H groups in total. The van der Waals surface area contributed by atoms with Gasteiger partial charge in [0.1, 0.15) is 5.75 Å². The Hall–Kier alpha value is -2.82. The van der Waals surface area contributed by atoms with Gasteiger partial charge in [-0.3, -0.25) is 9.59 Å². The molecule has 0 heterocycles. The zero-order chi connectivity index (χ0) is 18.4. The number of hydrogen-bond donors (Lipinski definition) is 2. The minimum atomic E-state index is -0.287. The summed E-state index contributed by atoms with van der Waals surface area (Å²) < 4.78 is 5.06. The fourth-order valence-corrected chi connectivity index (χ4v) is 2.26. The van der Waals surface area contributed by atoms with Gasteiger partial charge in [-0.05, 0) is 47.4 Å². The number of benzene rings is 2. The van der Waals surface area contributed by atoms with E-state index in [1.807, 2.05) is 12.1 Å². The summed E-state index contributed by atoms with van der Waals surface area (Å²) in [5.74, 6) is 0.153. The van der Waals surface area contributed by atoms with E-state index in [2.05, 4.69) is 31.4 Å². The van der Waals surface area contributed by atoms with Crippen molar-refractivity contribution in [3.8, 4) is 5.75 Å². The van der Waals surface area contributed by atoms with Crippen molar-refractivity contribution in [2.75, 3.05) is 19.0 Å². The molecular weight excluding hydrogens is 316 g/mol. The molecule has 5 heteroatoms. The molecule has 2 aromatic carbocycles. The third-order valence-electron chi connectivity index (χ3n) is 3.80. The monoisotopic (exact) mass is 340 g/mol. The minimum Gasteiger partial charge on any atom is -0.497 e. The average Bonchev–Trinajstić information content (AvgIpc) is 2.59. The molecule has 5 nitrogen and oxygen atoms in total. The number of rotatable bonds is 5. The van der Waals surface area contributed by atoms with Crippen LogP contribution in [0.5, 0.6) is 5.75 Å². The summed E-state index contributed by atoms with van der Waals surface area (Å²) in [4.78, 5) is 24.1. The Bertz CT molecular complexity index is 729. The predicted octanol–water partition coefficient (Wildman–Crippen LogP) is 3.36. The van der Waals surface area contributed by atoms with E-state index in [4.69, 9.17) is 4.74 Å². The van der Waals surface area contributed by atoms with Crippen LogP contribution in [0.4, 0.5) is 5.69 Å². The molecule has 0 aliphatic heterocycles. The number of anilines is 1. The van der Waals surface area contributed by atoms with Gasteiger partial charge in [-0.1, -0.05) is 32.9 Å². The van der Waals surface area contributed by atoms with E-state index >= 15 is 0 Å². The molecule has 2 amide bonds. The number of amides is 2. The van der Waals surface area contributed by atoms with E-state index < -0.39 is 0 Å². The van der Waals surface area contributed by atoms with Crippen molar-refractivity contribution in [3.63, 3.8) is 0 Å². The Kier molecular flexibility index (Phi) is 5.80. The quantitative estimate of drug-likeness (QED) is 0.877. The highest BCUT2D eigenvalue weighted by molar-refractivity contribution is 5.99. The molecule has 25 heavy (non-hydrogen) atoms. The van der Waals surface area contributed by atoms with Gasteiger partial charge in [0.05, 0.1) is 13.7 Å². The third kappa shape index (κ3) is 5.35. The lowest BCUT2D eigenvalue weighted by Crippen LogP contribution is -2.32. The Morgan fingerprint density at radius 2 is 1.56 bits per heavy atom. The van der Waals surface area contributed by atoms with E-state index in [1.165, 1.54) is 0 Å². The number of carbonyl (C=O) groups is 2. The summed E-state index contributed by atoms with van der Waals surface area (Å²) in [5, 5.41) is 5.34. The third-order valence-corrected chi connectivity index (χ3v) is 3.80. The minimum absolute atomic E-state index is 0.0350. The smallest absolute Gasteiger partial charge is 0.251 e. The summed E-state index contributed by atoms with van der Waals surface area (Å²) in [7, 11) is 1.58. The van der Waals surface area contributed by atoms with Crippen LogP contribution < -0.4 is 15.4 Å².